The number of ether oxygens (including phenoxy) is 1. The smallest absolute Gasteiger partial charge is 0.220 e. The monoisotopic (exact) mass is 226 g/mol. The molecule has 0 bridgehead atoms. The van der Waals surface area contributed by atoms with Crippen LogP contribution in [-0.2, 0) is 9.53 Å². The van der Waals surface area contributed by atoms with Gasteiger partial charge in [0.1, 0.15) is 0 Å². The van der Waals surface area contributed by atoms with Crippen LogP contribution in [0.4, 0.5) is 0 Å². The van der Waals surface area contributed by atoms with E-state index in [2.05, 4.69) is 31.0 Å². The summed E-state index contributed by atoms with van der Waals surface area (Å²) in [5.74, 6) is 0.199. The van der Waals surface area contributed by atoms with Crippen LogP contribution in [0.5, 0.6) is 0 Å². The van der Waals surface area contributed by atoms with Crippen molar-refractivity contribution in [2.75, 3.05) is 19.7 Å². The van der Waals surface area contributed by atoms with E-state index in [-0.39, 0.29) is 11.5 Å². The number of amides is 1. The van der Waals surface area contributed by atoms with Crippen molar-refractivity contribution >= 4 is 5.91 Å². The average molecular weight is 226 g/mol. The molecule has 0 aromatic heterocycles. The lowest BCUT2D eigenvalue weighted by Gasteiger charge is -2.43. The zero-order valence-corrected chi connectivity index (χ0v) is 10.5. The van der Waals surface area contributed by atoms with Gasteiger partial charge >= 0.3 is 0 Å². The molecule has 4 nitrogen and oxygen atoms in total. The summed E-state index contributed by atoms with van der Waals surface area (Å²) in [6.07, 6.45) is 1.66. The molecule has 2 atom stereocenters. The molecule has 92 valence electrons. The molecule has 0 aromatic carbocycles. The minimum absolute atomic E-state index is 0.0604. The number of hydrogen-bond acceptors (Lipinski definition) is 3. The Morgan fingerprint density at radius 2 is 2.31 bits per heavy atom. The molecule has 0 saturated carbocycles. The molecule has 0 radical (unpaired) electrons. The zero-order chi connectivity index (χ0) is 11.8. The normalized spacial score (nSPS) is 35.1. The van der Waals surface area contributed by atoms with Crippen molar-refractivity contribution < 1.29 is 9.53 Å². The van der Waals surface area contributed by atoms with E-state index in [0.717, 1.165) is 26.1 Å². The van der Waals surface area contributed by atoms with E-state index in [1.165, 1.54) is 0 Å². The molecule has 16 heavy (non-hydrogen) atoms. The number of hydrogen-bond donors (Lipinski definition) is 1. The van der Waals surface area contributed by atoms with Gasteiger partial charge in [0.15, 0.2) is 0 Å². The lowest BCUT2D eigenvalue weighted by atomic mass is 10.0. The Bertz CT molecular complexity index is 278. The molecule has 0 spiro atoms. The fourth-order valence-corrected chi connectivity index (χ4v) is 2.48. The third-order valence-electron chi connectivity index (χ3n) is 3.46. The topological polar surface area (TPSA) is 41.6 Å². The van der Waals surface area contributed by atoms with Crippen LogP contribution < -0.4 is 5.32 Å². The number of nitrogens with one attached hydrogen (secondary N) is 1. The summed E-state index contributed by atoms with van der Waals surface area (Å²) in [6, 6.07) is 0.786. The van der Waals surface area contributed by atoms with Crippen LogP contribution >= 0.6 is 0 Å². The van der Waals surface area contributed by atoms with Gasteiger partial charge in [0, 0.05) is 31.6 Å². The van der Waals surface area contributed by atoms with E-state index in [1.54, 1.807) is 0 Å². The molecule has 0 unspecified atom stereocenters. The standard InChI is InChI=1S/C12H22N2O2/c1-9-7-16-12(2,3)8-14(9)6-10-4-5-11(15)13-10/h9-10H,4-8H2,1-3H3,(H,13,15)/t9-,10-/m0/s1. The molecule has 2 rings (SSSR count). The first-order valence-electron chi connectivity index (χ1n) is 6.14. The van der Waals surface area contributed by atoms with Crippen LogP contribution in [0.3, 0.4) is 0 Å². The summed E-state index contributed by atoms with van der Waals surface area (Å²) in [5.41, 5.74) is -0.0604. The van der Waals surface area contributed by atoms with Gasteiger partial charge in [-0.1, -0.05) is 0 Å². The van der Waals surface area contributed by atoms with Crippen molar-refractivity contribution in [2.45, 2.75) is 51.3 Å². The maximum Gasteiger partial charge on any atom is 0.220 e. The van der Waals surface area contributed by atoms with E-state index < -0.39 is 0 Å². The van der Waals surface area contributed by atoms with E-state index >= 15 is 0 Å². The summed E-state index contributed by atoms with van der Waals surface area (Å²) in [7, 11) is 0. The number of rotatable bonds is 2. The predicted molar refractivity (Wildman–Crippen MR) is 62.2 cm³/mol. The molecule has 2 heterocycles. The molecule has 2 aliphatic rings. The van der Waals surface area contributed by atoms with Gasteiger partial charge in [-0.3, -0.25) is 9.69 Å². The van der Waals surface area contributed by atoms with Gasteiger partial charge < -0.3 is 10.1 Å². The average Bonchev–Trinajstić information content (AvgIpc) is 2.58. The number of carbonyl (C=O) groups is 1. The minimum atomic E-state index is -0.0604. The van der Waals surface area contributed by atoms with Crippen LogP contribution in [-0.4, -0.2) is 48.2 Å². The van der Waals surface area contributed by atoms with Crippen LogP contribution in [0.2, 0.25) is 0 Å². The highest BCUT2D eigenvalue weighted by molar-refractivity contribution is 5.78. The Labute approximate surface area is 97.3 Å². The summed E-state index contributed by atoms with van der Waals surface area (Å²) < 4.78 is 5.76. The van der Waals surface area contributed by atoms with Gasteiger partial charge in [-0.25, -0.2) is 0 Å². The lowest BCUT2D eigenvalue weighted by molar-refractivity contribution is -0.120. The molecule has 2 fully saturated rings. The zero-order valence-electron chi connectivity index (χ0n) is 10.5. The first kappa shape index (κ1) is 11.9. The Morgan fingerprint density at radius 1 is 1.56 bits per heavy atom. The molecular formula is C12H22N2O2. The third kappa shape index (κ3) is 2.74. The SMILES string of the molecule is C[C@H]1COC(C)(C)CN1C[C@@H]1CCC(=O)N1. The second-order valence-corrected chi connectivity index (χ2v) is 5.65. The van der Waals surface area contributed by atoms with Crippen LogP contribution in [0, 0.1) is 0 Å². The molecule has 2 saturated heterocycles. The first-order valence-corrected chi connectivity index (χ1v) is 6.14. The van der Waals surface area contributed by atoms with Crippen LogP contribution in [0.25, 0.3) is 0 Å². The maximum atomic E-state index is 11.1. The fourth-order valence-electron chi connectivity index (χ4n) is 2.48. The highest BCUT2D eigenvalue weighted by Crippen LogP contribution is 2.21. The molecule has 0 aromatic rings. The highest BCUT2D eigenvalue weighted by Gasteiger charge is 2.33. The van der Waals surface area contributed by atoms with Crippen LogP contribution in [0.1, 0.15) is 33.6 Å². The lowest BCUT2D eigenvalue weighted by Crippen LogP contribution is -2.55. The molecule has 0 aliphatic carbocycles. The molecule has 4 heteroatoms. The molecule has 1 amide bonds. The third-order valence-corrected chi connectivity index (χ3v) is 3.46. The largest absolute Gasteiger partial charge is 0.373 e. The van der Waals surface area contributed by atoms with Crippen molar-refractivity contribution in [3.05, 3.63) is 0 Å². The Hall–Kier alpha value is -0.610. The Kier molecular flexibility index (Phi) is 3.22. The van der Waals surface area contributed by atoms with E-state index in [4.69, 9.17) is 4.74 Å². The van der Waals surface area contributed by atoms with Crippen molar-refractivity contribution in [3.63, 3.8) is 0 Å². The summed E-state index contributed by atoms with van der Waals surface area (Å²) in [6.45, 7) is 9.12. The van der Waals surface area contributed by atoms with Crippen molar-refractivity contribution in [1.29, 1.82) is 0 Å². The molecule has 2 aliphatic heterocycles. The molecule has 1 N–H and O–H groups in total. The van der Waals surface area contributed by atoms with Crippen LogP contribution in [0.15, 0.2) is 0 Å². The fraction of sp³-hybridized carbons (Fsp3) is 0.917. The van der Waals surface area contributed by atoms with E-state index in [9.17, 15) is 4.79 Å². The number of morpholine rings is 1. The van der Waals surface area contributed by atoms with Crippen molar-refractivity contribution in [3.8, 4) is 0 Å². The highest BCUT2D eigenvalue weighted by atomic mass is 16.5. The molecular weight excluding hydrogens is 204 g/mol. The summed E-state index contributed by atoms with van der Waals surface area (Å²) >= 11 is 0. The second-order valence-electron chi connectivity index (χ2n) is 5.65. The second kappa shape index (κ2) is 4.34. The van der Waals surface area contributed by atoms with Gasteiger partial charge in [-0.15, -0.1) is 0 Å². The predicted octanol–water partition coefficient (Wildman–Crippen LogP) is 0.764. The Balaban J connectivity index is 1.90. The van der Waals surface area contributed by atoms with E-state index in [1.807, 2.05) is 0 Å². The summed E-state index contributed by atoms with van der Waals surface area (Å²) in [5, 5.41) is 3.03. The first-order chi connectivity index (χ1) is 7.46. The van der Waals surface area contributed by atoms with E-state index in [0.29, 0.717) is 18.5 Å². The van der Waals surface area contributed by atoms with Crippen molar-refractivity contribution in [1.82, 2.24) is 10.2 Å². The van der Waals surface area contributed by atoms with Gasteiger partial charge in [0.05, 0.1) is 12.2 Å². The Morgan fingerprint density at radius 3 is 2.94 bits per heavy atom. The number of carbonyl (C=O) groups excluding carboxylic acids is 1. The van der Waals surface area contributed by atoms with Gasteiger partial charge in [-0.2, -0.15) is 0 Å². The minimum Gasteiger partial charge on any atom is -0.373 e. The van der Waals surface area contributed by atoms with Gasteiger partial charge in [0.25, 0.3) is 0 Å². The quantitative estimate of drug-likeness (QED) is 0.756. The van der Waals surface area contributed by atoms with Crippen molar-refractivity contribution in [2.24, 2.45) is 0 Å². The summed E-state index contributed by atoms with van der Waals surface area (Å²) in [4.78, 5) is 13.6. The number of nitrogens with zero attached hydrogens (tertiary/aromatic N) is 1. The maximum absolute atomic E-state index is 11.1. The van der Waals surface area contributed by atoms with Gasteiger partial charge in [-0.05, 0) is 27.2 Å². The van der Waals surface area contributed by atoms with Gasteiger partial charge in [0.2, 0.25) is 5.91 Å².